The van der Waals surface area contributed by atoms with Crippen LogP contribution < -0.4 is 9.47 Å². The molecule has 0 saturated carbocycles. The largest absolute Gasteiger partial charge is 0.493 e. The molecule has 1 unspecified atom stereocenters. The average molecular weight is 631 g/mol. The van der Waals surface area contributed by atoms with E-state index in [0.29, 0.717) is 31.8 Å². The number of benzene rings is 4. The van der Waals surface area contributed by atoms with Gasteiger partial charge in [0.1, 0.15) is 11.5 Å². The fourth-order valence-corrected chi connectivity index (χ4v) is 5.69. The summed E-state index contributed by atoms with van der Waals surface area (Å²) in [5.74, 6) is 0.593. The summed E-state index contributed by atoms with van der Waals surface area (Å²) in [6, 6.07) is 30.0. The van der Waals surface area contributed by atoms with Crippen molar-refractivity contribution < 1.29 is 28.5 Å². The van der Waals surface area contributed by atoms with Crippen molar-refractivity contribution in [2.75, 3.05) is 13.2 Å². The number of fused-ring (bicyclic) bond motifs is 3. The van der Waals surface area contributed by atoms with E-state index in [4.69, 9.17) is 18.9 Å². The van der Waals surface area contributed by atoms with Gasteiger partial charge in [-0.05, 0) is 101 Å². The van der Waals surface area contributed by atoms with Crippen molar-refractivity contribution in [3.63, 3.8) is 0 Å². The fourth-order valence-electron chi connectivity index (χ4n) is 5.69. The van der Waals surface area contributed by atoms with Crippen LogP contribution in [0, 0.1) is 0 Å². The van der Waals surface area contributed by atoms with E-state index in [2.05, 4.69) is 73.8 Å². The Morgan fingerprint density at radius 1 is 0.681 bits per heavy atom. The van der Waals surface area contributed by atoms with Crippen molar-refractivity contribution >= 4 is 11.9 Å². The Labute approximate surface area is 277 Å². The molecule has 0 amide bonds. The minimum Gasteiger partial charge on any atom is -0.493 e. The third-order valence-electron chi connectivity index (χ3n) is 8.25. The maximum Gasteiger partial charge on any atom is 0.333 e. The van der Waals surface area contributed by atoms with Crippen LogP contribution >= 0.6 is 0 Å². The first kappa shape index (κ1) is 33.3. The molecule has 0 radical (unpaired) electrons. The van der Waals surface area contributed by atoms with E-state index in [9.17, 15) is 9.59 Å². The summed E-state index contributed by atoms with van der Waals surface area (Å²) in [4.78, 5) is 22.6. The van der Waals surface area contributed by atoms with Crippen molar-refractivity contribution in [1.82, 2.24) is 0 Å². The molecule has 0 spiro atoms. The quantitative estimate of drug-likeness (QED) is 0.0447. The van der Waals surface area contributed by atoms with Crippen molar-refractivity contribution in [3.05, 3.63) is 144 Å². The van der Waals surface area contributed by atoms with Crippen LogP contribution in [0.15, 0.2) is 110 Å². The first-order chi connectivity index (χ1) is 22.9. The molecule has 1 atom stereocenters. The zero-order valence-electron chi connectivity index (χ0n) is 27.0. The highest BCUT2D eigenvalue weighted by Gasteiger charge is 2.19. The van der Waals surface area contributed by atoms with Crippen LogP contribution in [0.25, 0.3) is 11.1 Å². The van der Waals surface area contributed by atoms with Crippen LogP contribution in [-0.4, -0.2) is 31.4 Å². The number of carbonyl (C=O) groups excluding carboxylic acids is 2. The number of carbonyl (C=O) groups is 2. The van der Waals surface area contributed by atoms with Gasteiger partial charge in [0, 0.05) is 25.0 Å². The van der Waals surface area contributed by atoms with Gasteiger partial charge in [0.25, 0.3) is 0 Å². The first-order valence-corrected chi connectivity index (χ1v) is 16.3. The summed E-state index contributed by atoms with van der Waals surface area (Å²) in [6.45, 7) is 9.54. The first-order valence-electron chi connectivity index (χ1n) is 16.3. The highest BCUT2D eigenvalue weighted by Crippen LogP contribution is 2.38. The van der Waals surface area contributed by atoms with Crippen molar-refractivity contribution in [2.24, 2.45) is 0 Å². The molecule has 0 fully saturated rings. The highest BCUT2D eigenvalue weighted by atomic mass is 16.7. The molecule has 5 rings (SSSR count). The monoisotopic (exact) mass is 630 g/mol. The Bertz CT molecular complexity index is 1690. The lowest BCUT2D eigenvalue weighted by Crippen LogP contribution is -2.22. The van der Waals surface area contributed by atoms with E-state index in [1.807, 2.05) is 31.2 Å². The van der Waals surface area contributed by atoms with E-state index in [0.717, 1.165) is 50.0 Å². The lowest BCUT2D eigenvalue weighted by molar-refractivity contribution is -0.157. The molecule has 0 heterocycles. The second-order valence-corrected chi connectivity index (χ2v) is 11.6. The van der Waals surface area contributed by atoms with Gasteiger partial charge < -0.3 is 18.9 Å². The molecule has 6 heteroatoms. The van der Waals surface area contributed by atoms with Gasteiger partial charge in [0.2, 0.25) is 6.29 Å². The van der Waals surface area contributed by atoms with Crippen molar-refractivity contribution in [1.29, 1.82) is 0 Å². The fraction of sp³-hybridized carbons (Fsp3) is 0.268. The van der Waals surface area contributed by atoms with Crippen LogP contribution in [0.5, 0.6) is 11.5 Å². The predicted octanol–water partition coefficient (Wildman–Crippen LogP) is 8.17. The molecule has 0 aromatic heterocycles. The van der Waals surface area contributed by atoms with Gasteiger partial charge in [0.05, 0.1) is 13.2 Å². The minimum absolute atomic E-state index is 0.322. The normalized spacial score (nSPS) is 11.9. The third-order valence-corrected chi connectivity index (χ3v) is 8.25. The predicted molar refractivity (Wildman–Crippen MR) is 185 cm³/mol. The van der Waals surface area contributed by atoms with Crippen LogP contribution in [-0.2, 0) is 51.2 Å². The summed E-state index contributed by atoms with van der Waals surface area (Å²) < 4.78 is 21.8. The molecular weight excluding hydrogens is 588 g/mol. The van der Waals surface area contributed by atoms with E-state index < -0.39 is 18.2 Å². The topological polar surface area (TPSA) is 71.1 Å². The molecule has 1 aliphatic carbocycles. The molecule has 0 bridgehead atoms. The maximum absolute atomic E-state index is 11.5. The lowest BCUT2D eigenvalue weighted by Gasteiger charge is -2.17. The van der Waals surface area contributed by atoms with E-state index in [-0.39, 0.29) is 0 Å². The van der Waals surface area contributed by atoms with Gasteiger partial charge in [-0.3, -0.25) is 0 Å². The molecule has 0 aliphatic heterocycles. The number of hydrogen-bond donors (Lipinski definition) is 0. The van der Waals surface area contributed by atoms with Crippen LogP contribution in [0.2, 0.25) is 0 Å². The number of esters is 2. The molecule has 6 nitrogen and oxygen atoms in total. The van der Waals surface area contributed by atoms with Gasteiger partial charge >= 0.3 is 11.9 Å². The maximum atomic E-state index is 11.5. The molecule has 1 aliphatic rings. The Morgan fingerprint density at radius 3 is 1.72 bits per heavy atom. The summed E-state index contributed by atoms with van der Waals surface area (Å²) in [5, 5.41) is 0. The highest BCUT2D eigenvalue weighted by molar-refractivity contribution is 5.81. The standard InChI is InChI=1S/C41H42O6/c1-4-39(42)45-25-7-24-44-35-18-12-29(13-19-35)8-10-31-16-22-37-33(26-31)28-34-27-32(17-23-38(34)37)11-9-30-14-20-36(21-15-30)46-41(6-3)47-40(43)5-2/h4-5,12-23,26-27,41H,1-2,6-11,24-25,28H2,3H3. The van der Waals surface area contributed by atoms with Crippen LogP contribution in [0.4, 0.5) is 0 Å². The summed E-state index contributed by atoms with van der Waals surface area (Å²) in [6.07, 6.45) is 7.66. The van der Waals surface area contributed by atoms with E-state index in [1.54, 1.807) is 0 Å². The number of ether oxygens (including phenoxy) is 4. The third kappa shape index (κ3) is 9.46. The second kappa shape index (κ2) is 16.5. The zero-order valence-corrected chi connectivity index (χ0v) is 27.0. The van der Waals surface area contributed by atoms with Crippen molar-refractivity contribution in [2.45, 2.75) is 58.2 Å². The van der Waals surface area contributed by atoms with Gasteiger partial charge in [-0.1, -0.05) is 80.7 Å². The molecule has 4 aromatic rings. The van der Waals surface area contributed by atoms with Crippen molar-refractivity contribution in [3.8, 4) is 22.6 Å². The van der Waals surface area contributed by atoms with E-state index >= 15 is 0 Å². The van der Waals surface area contributed by atoms with Gasteiger partial charge in [-0.15, -0.1) is 0 Å². The second-order valence-electron chi connectivity index (χ2n) is 11.6. The Balaban J connectivity index is 1.08. The molecule has 242 valence electrons. The molecular formula is C41H42O6. The summed E-state index contributed by atoms with van der Waals surface area (Å²) in [5.41, 5.74) is 10.7. The lowest BCUT2D eigenvalue weighted by atomic mass is 9.98. The van der Waals surface area contributed by atoms with Crippen LogP contribution in [0.3, 0.4) is 0 Å². The summed E-state index contributed by atoms with van der Waals surface area (Å²) >= 11 is 0. The Morgan fingerprint density at radius 2 is 1.19 bits per heavy atom. The van der Waals surface area contributed by atoms with Gasteiger partial charge in [-0.25, -0.2) is 9.59 Å². The minimum atomic E-state index is -0.628. The van der Waals surface area contributed by atoms with E-state index in [1.165, 1.54) is 44.5 Å². The summed E-state index contributed by atoms with van der Waals surface area (Å²) in [7, 11) is 0. The van der Waals surface area contributed by atoms with Gasteiger partial charge in [0.15, 0.2) is 0 Å². The van der Waals surface area contributed by atoms with Crippen LogP contribution in [0.1, 0.15) is 53.1 Å². The molecule has 0 N–H and O–H groups in total. The Hall–Kier alpha value is -5.10. The van der Waals surface area contributed by atoms with Gasteiger partial charge in [-0.2, -0.15) is 0 Å². The smallest absolute Gasteiger partial charge is 0.333 e. The average Bonchev–Trinajstić information content (AvgIpc) is 3.47. The zero-order chi connectivity index (χ0) is 33.0. The molecule has 4 aromatic carbocycles. The number of rotatable bonds is 17. The SMILES string of the molecule is C=CC(=O)OCCCOc1ccc(CCc2ccc3c(c2)Cc2cc(CCc4ccc(OC(CC)OC(=O)C=C)cc4)ccc2-3)cc1. The Kier molecular flexibility index (Phi) is 11.6. The molecule has 0 saturated heterocycles. The number of hydrogen-bond acceptors (Lipinski definition) is 6. The molecule has 47 heavy (non-hydrogen) atoms. The number of aryl methyl sites for hydroxylation is 4.